The quantitative estimate of drug-likeness (QED) is 0.630. The number of aliphatic imine (C=N–C) groups is 1. The van der Waals surface area contributed by atoms with Crippen LogP contribution < -0.4 is 5.32 Å². The molecule has 0 spiro atoms. The van der Waals surface area contributed by atoms with Crippen LogP contribution in [0.5, 0.6) is 0 Å². The molecule has 1 fully saturated rings. The van der Waals surface area contributed by atoms with E-state index in [9.17, 15) is 14.4 Å². The zero-order valence-electron chi connectivity index (χ0n) is 22.7. The Hall–Kier alpha value is -3.66. The Morgan fingerprint density at radius 1 is 1.21 bits per heavy atom. The van der Waals surface area contributed by atoms with E-state index in [4.69, 9.17) is 4.98 Å². The van der Waals surface area contributed by atoms with E-state index < -0.39 is 5.92 Å². The van der Waals surface area contributed by atoms with Gasteiger partial charge >= 0.3 is 0 Å². The number of likely N-dealkylation sites (tertiary alicyclic amines) is 1. The van der Waals surface area contributed by atoms with E-state index in [1.165, 1.54) is 0 Å². The summed E-state index contributed by atoms with van der Waals surface area (Å²) < 4.78 is 1.82. The molecule has 0 bridgehead atoms. The molecule has 1 saturated heterocycles. The van der Waals surface area contributed by atoms with Crippen LogP contribution in [0, 0.1) is 11.8 Å². The summed E-state index contributed by atoms with van der Waals surface area (Å²) in [5, 5.41) is 8.11. The normalized spacial score (nSPS) is 20.8. The lowest BCUT2D eigenvalue weighted by Crippen LogP contribution is -2.53. The molecule has 10 nitrogen and oxygen atoms in total. The van der Waals surface area contributed by atoms with E-state index in [0.717, 1.165) is 24.2 Å². The number of nitrogens with zero attached hydrogens (tertiary/aromatic N) is 6. The summed E-state index contributed by atoms with van der Waals surface area (Å²) in [6.45, 7) is 10.7. The minimum atomic E-state index is -0.474. The predicted molar refractivity (Wildman–Crippen MR) is 146 cm³/mol. The lowest BCUT2D eigenvalue weighted by atomic mass is 9.95. The first-order valence-electron chi connectivity index (χ1n) is 13.2. The highest BCUT2D eigenvalue weighted by Gasteiger charge is 2.34. The smallest absolute Gasteiger partial charge is 0.254 e. The van der Waals surface area contributed by atoms with Gasteiger partial charge in [0.15, 0.2) is 5.65 Å². The lowest BCUT2D eigenvalue weighted by Gasteiger charge is -2.39. The zero-order valence-corrected chi connectivity index (χ0v) is 22.7. The molecule has 1 N–H and O–H groups in total. The summed E-state index contributed by atoms with van der Waals surface area (Å²) in [5.41, 5.74) is 4.40. The van der Waals surface area contributed by atoms with Gasteiger partial charge in [0.25, 0.3) is 11.8 Å². The molecule has 0 saturated carbocycles. The Morgan fingerprint density at radius 3 is 2.61 bits per heavy atom. The maximum absolute atomic E-state index is 13.5. The highest BCUT2D eigenvalue weighted by molar-refractivity contribution is 6.07. The number of aromatic nitrogens is 3. The Morgan fingerprint density at radius 2 is 1.97 bits per heavy atom. The standard InChI is InChI=1S/C28H35N7O3/c1-16(2)35-25-23(13-30-35)21(26(36)29-12-22-17(3)10-18(4)31-27(22)37)11-24(32-25)19-6-8-34(9-7-19)28(38)20-14-33(5)15-20/h6,10-11,13,16,20,22H,7-9,12,14-15H2,1-5H3,(H,29,36). The van der Waals surface area contributed by atoms with Gasteiger partial charge in [0.2, 0.25) is 5.91 Å². The third-order valence-electron chi connectivity index (χ3n) is 7.60. The molecule has 1 atom stereocenters. The molecule has 200 valence electrons. The van der Waals surface area contributed by atoms with Gasteiger partial charge < -0.3 is 15.1 Å². The minimum absolute atomic E-state index is 0.0639. The van der Waals surface area contributed by atoms with Crippen molar-refractivity contribution in [2.45, 2.75) is 40.2 Å². The molecule has 0 aliphatic carbocycles. The molecule has 2 aromatic rings. The van der Waals surface area contributed by atoms with Crippen LogP contribution in [-0.4, -0.2) is 87.8 Å². The number of nitrogens with one attached hydrogen (secondary N) is 1. The topological polar surface area (TPSA) is 113 Å². The minimum Gasteiger partial charge on any atom is -0.351 e. The second-order valence-electron chi connectivity index (χ2n) is 10.9. The van der Waals surface area contributed by atoms with Crippen LogP contribution in [-0.2, 0) is 9.59 Å². The van der Waals surface area contributed by atoms with Gasteiger partial charge in [0, 0.05) is 44.5 Å². The zero-order chi connectivity index (χ0) is 27.1. The van der Waals surface area contributed by atoms with Crippen molar-refractivity contribution in [1.29, 1.82) is 0 Å². The molecule has 3 aliphatic rings. The van der Waals surface area contributed by atoms with E-state index in [0.29, 0.717) is 47.5 Å². The molecular weight excluding hydrogens is 482 g/mol. The Bertz CT molecular complexity index is 1390. The fourth-order valence-corrected chi connectivity index (χ4v) is 5.41. The van der Waals surface area contributed by atoms with Crippen molar-refractivity contribution in [3.8, 4) is 0 Å². The molecule has 2 aromatic heterocycles. The van der Waals surface area contributed by atoms with Gasteiger partial charge in [-0.05, 0) is 58.9 Å². The van der Waals surface area contributed by atoms with Gasteiger partial charge in [-0.1, -0.05) is 11.6 Å². The predicted octanol–water partition coefficient (Wildman–Crippen LogP) is 2.48. The number of pyridine rings is 1. The fraction of sp³-hybridized carbons (Fsp3) is 0.500. The van der Waals surface area contributed by atoms with Crippen molar-refractivity contribution in [1.82, 2.24) is 29.9 Å². The Labute approximate surface area is 222 Å². The molecule has 0 aromatic carbocycles. The van der Waals surface area contributed by atoms with Gasteiger partial charge in [-0.3, -0.25) is 14.4 Å². The Balaban J connectivity index is 1.40. The number of fused-ring (bicyclic) bond motifs is 1. The first-order valence-corrected chi connectivity index (χ1v) is 13.2. The van der Waals surface area contributed by atoms with Gasteiger partial charge in [-0.25, -0.2) is 14.7 Å². The van der Waals surface area contributed by atoms with Gasteiger partial charge in [0.05, 0.1) is 34.7 Å². The van der Waals surface area contributed by atoms with Crippen LogP contribution in [0.1, 0.15) is 56.2 Å². The molecule has 38 heavy (non-hydrogen) atoms. The fourth-order valence-electron chi connectivity index (χ4n) is 5.41. The van der Waals surface area contributed by atoms with Crippen molar-refractivity contribution in [2.75, 3.05) is 39.8 Å². The first-order chi connectivity index (χ1) is 18.1. The van der Waals surface area contributed by atoms with E-state index in [1.807, 2.05) is 55.6 Å². The molecule has 3 amide bonds. The van der Waals surface area contributed by atoms with E-state index in [2.05, 4.69) is 20.3 Å². The summed E-state index contributed by atoms with van der Waals surface area (Å²) >= 11 is 0. The van der Waals surface area contributed by atoms with Crippen molar-refractivity contribution < 1.29 is 14.4 Å². The van der Waals surface area contributed by atoms with Crippen LogP contribution in [0.2, 0.25) is 0 Å². The van der Waals surface area contributed by atoms with Crippen molar-refractivity contribution in [2.24, 2.45) is 16.8 Å². The van der Waals surface area contributed by atoms with Gasteiger partial charge in [-0.2, -0.15) is 5.10 Å². The number of rotatable bonds is 6. The molecule has 3 aliphatic heterocycles. The molecule has 0 radical (unpaired) electrons. The Kier molecular flexibility index (Phi) is 7.00. The highest BCUT2D eigenvalue weighted by Crippen LogP contribution is 2.28. The van der Waals surface area contributed by atoms with Crippen molar-refractivity contribution in [3.05, 3.63) is 41.2 Å². The van der Waals surface area contributed by atoms with E-state index in [-0.39, 0.29) is 36.2 Å². The molecule has 1 unspecified atom stereocenters. The lowest BCUT2D eigenvalue weighted by molar-refractivity contribution is -0.140. The molecule has 5 heterocycles. The summed E-state index contributed by atoms with van der Waals surface area (Å²) in [7, 11) is 2.02. The number of amides is 3. The SMILES string of the molecule is CC1=CC(C)=NC(=O)C1CNC(=O)c1cc(C2=CCN(C(=O)C3CN(C)C3)CC2)nc2c1cnn2C(C)C. The number of hydrogen-bond donors (Lipinski definition) is 1. The maximum atomic E-state index is 13.5. The van der Waals surface area contributed by atoms with Crippen LogP contribution in [0.25, 0.3) is 16.6 Å². The third-order valence-corrected chi connectivity index (χ3v) is 7.60. The van der Waals surface area contributed by atoms with Gasteiger partial charge in [0.1, 0.15) is 0 Å². The van der Waals surface area contributed by atoms with Crippen LogP contribution >= 0.6 is 0 Å². The van der Waals surface area contributed by atoms with Crippen LogP contribution in [0.3, 0.4) is 0 Å². The summed E-state index contributed by atoms with van der Waals surface area (Å²) in [4.78, 5) is 51.7. The van der Waals surface area contributed by atoms with Crippen LogP contribution in [0.4, 0.5) is 0 Å². The number of allylic oxidation sites excluding steroid dienone is 1. The van der Waals surface area contributed by atoms with Crippen LogP contribution in [0.15, 0.2) is 35.0 Å². The number of dihydropyridines is 1. The van der Waals surface area contributed by atoms with Crippen molar-refractivity contribution >= 4 is 40.0 Å². The number of carbonyl (C=O) groups is 3. The van der Waals surface area contributed by atoms with Crippen molar-refractivity contribution in [3.63, 3.8) is 0 Å². The monoisotopic (exact) mass is 517 g/mol. The first kappa shape index (κ1) is 26.0. The number of carbonyl (C=O) groups excluding carboxylic acids is 3. The van der Waals surface area contributed by atoms with E-state index >= 15 is 0 Å². The average Bonchev–Trinajstić information content (AvgIpc) is 3.29. The second kappa shape index (κ2) is 10.2. The summed E-state index contributed by atoms with van der Waals surface area (Å²) in [6, 6.07) is 1.87. The third kappa shape index (κ3) is 4.92. The second-order valence-corrected chi connectivity index (χ2v) is 10.9. The number of hydrogen-bond acceptors (Lipinski definition) is 6. The average molecular weight is 518 g/mol. The molecule has 10 heteroatoms. The molecule has 5 rings (SSSR count). The highest BCUT2D eigenvalue weighted by atomic mass is 16.2. The molecular formula is C28H35N7O3. The van der Waals surface area contributed by atoms with E-state index in [1.54, 1.807) is 13.1 Å². The van der Waals surface area contributed by atoms with Gasteiger partial charge in [-0.15, -0.1) is 0 Å². The summed E-state index contributed by atoms with van der Waals surface area (Å²) in [6.07, 6.45) is 6.27. The largest absolute Gasteiger partial charge is 0.351 e. The summed E-state index contributed by atoms with van der Waals surface area (Å²) in [5.74, 6) is -0.699. The maximum Gasteiger partial charge on any atom is 0.254 e.